The van der Waals surface area contributed by atoms with Gasteiger partial charge >= 0.3 is 0 Å². The minimum Gasteiger partial charge on any atom is -0.496 e. The van der Waals surface area contributed by atoms with Crippen LogP contribution in [0, 0.1) is 6.92 Å². The van der Waals surface area contributed by atoms with Crippen LogP contribution >= 0.6 is 0 Å². The molecule has 1 unspecified atom stereocenters. The van der Waals surface area contributed by atoms with E-state index in [1.54, 1.807) is 7.11 Å². The standard InChI is InChI=1S/C17H20O2/c1-13-9-10-16(19-3)15(11-13)17(2,18)12-14-7-5-4-6-8-14/h4-11,18H,12H2,1-3H3. The Labute approximate surface area is 114 Å². The van der Waals surface area contributed by atoms with Crippen molar-refractivity contribution in [2.24, 2.45) is 0 Å². The fourth-order valence-corrected chi connectivity index (χ4v) is 2.33. The monoisotopic (exact) mass is 256 g/mol. The van der Waals surface area contributed by atoms with Crippen molar-refractivity contribution in [1.82, 2.24) is 0 Å². The van der Waals surface area contributed by atoms with Crippen LogP contribution in [-0.2, 0) is 12.0 Å². The van der Waals surface area contributed by atoms with Gasteiger partial charge in [-0.1, -0.05) is 42.0 Å². The summed E-state index contributed by atoms with van der Waals surface area (Å²) in [6.45, 7) is 3.85. The predicted molar refractivity (Wildman–Crippen MR) is 77.4 cm³/mol. The van der Waals surface area contributed by atoms with Crippen LogP contribution in [0.25, 0.3) is 0 Å². The van der Waals surface area contributed by atoms with Gasteiger partial charge in [-0.15, -0.1) is 0 Å². The summed E-state index contributed by atoms with van der Waals surface area (Å²) in [5, 5.41) is 10.8. The molecule has 0 heterocycles. The van der Waals surface area contributed by atoms with Crippen LogP contribution in [0.3, 0.4) is 0 Å². The molecule has 1 N–H and O–H groups in total. The van der Waals surface area contributed by atoms with Gasteiger partial charge in [0.05, 0.1) is 12.7 Å². The summed E-state index contributed by atoms with van der Waals surface area (Å²) in [7, 11) is 1.63. The van der Waals surface area contributed by atoms with Crippen molar-refractivity contribution >= 4 is 0 Å². The van der Waals surface area contributed by atoms with Crippen LogP contribution in [0.4, 0.5) is 0 Å². The van der Waals surface area contributed by atoms with E-state index < -0.39 is 5.60 Å². The molecule has 0 aliphatic heterocycles. The van der Waals surface area contributed by atoms with Crippen LogP contribution < -0.4 is 4.74 Å². The zero-order valence-corrected chi connectivity index (χ0v) is 11.7. The third kappa shape index (κ3) is 3.15. The molecule has 2 nitrogen and oxygen atoms in total. The maximum absolute atomic E-state index is 10.8. The molecule has 0 saturated carbocycles. The highest BCUT2D eigenvalue weighted by Gasteiger charge is 2.27. The van der Waals surface area contributed by atoms with Crippen LogP contribution in [0.15, 0.2) is 48.5 Å². The summed E-state index contributed by atoms with van der Waals surface area (Å²) < 4.78 is 5.36. The number of rotatable bonds is 4. The Kier molecular flexibility index (Phi) is 3.91. The minimum absolute atomic E-state index is 0.563. The average molecular weight is 256 g/mol. The Morgan fingerprint density at radius 1 is 1.11 bits per heavy atom. The third-order valence-corrected chi connectivity index (χ3v) is 3.33. The van der Waals surface area contributed by atoms with E-state index in [4.69, 9.17) is 4.74 Å². The van der Waals surface area contributed by atoms with E-state index >= 15 is 0 Å². The van der Waals surface area contributed by atoms with Gasteiger partial charge in [0.1, 0.15) is 5.75 Å². The first-order valence-electron chi connectivity index (χ1n) is 6.44. The third-order valence-electron chi connectivity index (χ3n) is 3.33. The molecule has 2 rings (SSSR count). The molecule has 0 bridgehead atoms. The number of ether oxygens (including phenoxy) is 1. The fourth-order valence-electron chi connectivity index (χ4n) is 2.33. The molecule has 1 atom stereocenters. The van der Waals surface area contributed by atoms with E-state index in [2.05, 4.69) is 0 Å². The highest BCUT2D eigenvalue weighted by Crippen LogP contribution is 2.33. The first-order chi connectivity index (χ1) is 9.03. The van der Waals surface area contributed by atoms with Gasteiger partial charge in [0, 0.05) is 12.0 Å². The van der Waals surface area contributed by atoms with Crippen molar-refractivity contribution in [1.29, 1.82) is 0 Å². The van der Waals surface area contributed by atoms with Gasteiger partial charge in [-0.2, -0.15) is 0 Å². The number of hydrogen-bond donors (Lipinski definition) is 1. The quantitative estimate of drug-likeness (QED) is 0.907. The van der Waals surface area contributed by atoms with Crippen molar-refractivity contribution in [3.8, 4) is 5.75 Å². The minimum atomic E-state index is -0.946. The lowest BCUT2D eigenvalue weighted by Gasteiger charge is -2.26. The zero-order valence-electron chi connectivity index (χ0n) is 11.7. The molecule has 0 spiro atoms. The van der Waals surface area contributed by atoms with Crippen LogP contribution in [-0.4, -0.2) is 12.2 Å². The summed E-state index contributed by atoms with van der Waals surface area (Å²) in [6, 6.07) is 15.9. The van der Waals surface area contributed by atoms with Gasteiger partial charge in [0.25, 0.3) is 0 Å². The molecule has 2 aromatic carbocycles. The van der Waals surface area contributed by atoms with Gasteiger partial charge in [-0.3, -0.25) is 0 Å². The average Bonchev–Trinajstić information content (AvgIpc) is 2.39. The Morgan fingerprint density at radius 3 is 2.42 bits per heavy atom. The van der Waals surface area contributed by atoms with Crippen LogP contribution in [0.5, 0.6) is 5.75 Å². The molecule has 0 radical (unpaired) electrons. The Bertz CT molecular complexity index is 544. The molecule has 2 heteroatoms. The van der Waals surface area contributed by atoms with E-state index in [-0.39, 0.29) is 0 Å². The highest BCUT2D eigenvalue weighted by atomic mass is 16.5. The second-order valence-electron chi connectivity index (χ2n) is 5.14. The topological polar surface area (TPSA) is 29.5 Å². The second-order valence-corrected chi connectivity index (χ2v) is 5.14. The molecule has 19 heavy (non-hydrogen) atoms. The maximum atomic E-state index is 10.8. The molecule has 0 amide bonds. The van der Waals surface area contributed by atoms with E-state index in [0.717, 1.165) is 22.4 Å². The first kappa shape index (κ1) is 13.6. The van der Waals surface area contributed by atoms with Gasteiger partial charge in [0.2, 0.25) is 0 Å². The summed E-state index contributed by atoms with van der Waals surface area (Å²) in [5.41, 5.74) is 2.11. The van der Waals surface area contributed by atoms with E-state index in [1.807, 2.05) is 62.4 Å². The molecule has 0 saturated heterocycles. The van der Waals surface area contributed by atoms with Crippen molar-refractivity contribution in [3.63, 3.8) is 0 Å². The molecular weight excluding hydrogens is 236 g/mol. The Balaban J connectivity index is 2.36. The first-order valence-corrected chi connectivity index (χ1v) is 6.44. The van der Waals surface area contributed by atoms with E-state index in [9.17, 15) is 5.11 Å². The summed E-state index contributed by atoms with van der Waals surface area (Å²) in [6.07, 6.45) is 0.563. The van der Waals surface area contributed by atoms with Crippen molar-refractivity contribution in [2.75, 3.05) is 7.11 Å². The van der Waals surface area contributed by atoms with Gasteiger partial charge in [-0.05, 0) is 31.5 Å². The molecule has 2 aromatic rings. The molecule has 0 aliphatic carbocycles. The smallest absolute Gasteiger partial charge is 0.124 e. The number of aliphatic hydroxyl groups is 1. The number of aryl methyl sites for hydroxylation is 1. The summed E-state index contributed by atoms with van der Waals surface area (Å²) >= 11 is 0. The molecule has 0 aromatic heterocycles. The largest absolute Gasteiger partial charge is 0.496 e. The lowest BCUT2D eigenvalue weighted by Crippen LogP contribution is -2.25. The van der Waals surface area contributed by atoms with E-state index in [1.165, 1.54) is 0 Å². The molecule has 0 aliphatic rings. The second kappa shape index (κ2) is 5.45. The summed E-state index contributed by atoms with van der Waals surface area (Å²) in [5.74, 6) is 0.728. The maximum Gasteiger partial charge on any atom is 0.124 e. The van der Waals surface area contributed by atoms with Crippen molar-refractivity contribution < 1.29 is 9.84 Å². The van der Waals surface area contributed by atoms with E-state index in [0.29, 0.717) is 6.42 Å². The lowest BCUT2D eigenvalue weighted by atomic mass is 9.87. The van der Waals surface area contributed by atoms with Gasteiger partial charge in [-0.25, -0.2) is 0 Å². The number of methoxy groups -OCH3 is 1. The Hall–Kier alpha value is -1.80. The molecular formula is C17H20O2. The van der Waals surface area contributed by atoms with Crippen molar-refractivity contribution in [2.45, 2.75) is 25.9 Å². The lowest BCUT2D eigenvalue weighted by molar-refractivity contribution is 0.0549. The SMILES string of the molecule is COc1ccc(C)cc1C(C)(O)Cc1ccccc1. The Morgan fingerprint density at radius 2 is 1.79 bits per heavy atom. The van der Waals surface area contributed by atoms with Gasteiger partial charge in [0.15, 0.2) is 0 Å². The predicted octanol–water partition coefficient (Wildman–Crippen LogP) is 3.45. The number of hydrogen-bond acceptors (Lipinski definition) is 2. The highest BCUT2D eigenvalue weighted by molar-refractivity contribution is 5.41. The molecule has 0 fully saturated rings. The van der Waals surface area contributed by atoms with Crippen LogP contribution in [0.2, 0.25) is 0 Å². The van der Waals surface area contributed by atoms with Crippen molar-refractivity contribution in [3.05, 3.63) is 65.2 Å². The normalized spacial score (nSPS) is 13.9. The van der Waals surface area contributed by atoms with Gasteiger partial charge < -0.3 is 9.84 Å². The zero-order chi connectivity index (χ0) is 13.9. The number of benzene rings is 2. The fraction of sp³-hybridized carbons (Fsp3) is 0.294. The van der Waals surface area contributed by atoms with Crippen LogP contribution in [0.1, 0.15) is 23.6 Å². The summed E-state index contributed by atoms with van der Waals surface area (Å²) in [4.78, 5) is 0. The molecule has 100 valence electrons.